The number of carbonyl (C=O) groups is 2. The molecule has 0 aliphatic heterocycles. The normalized spacial score (nSPS) is 11.0. The number of carbonyl (C=O) groups excluding carboxylic acids is 1. The van der Waals surface area contributed by atoms with Gasteiger partial charge >= 0.3 is 5.97 Å². The van der Waals surface area contributed by atoms with E-state index in [0.29, 0.717) is 19.4 Å². The summed E-state index contributed by atoms with van der Waals surface area (Å²) < 4.78 is 6.53. The fourth-order valence-corrected chi connectivity index (χ4v) is 1.84. The Labute approximate surface area is 132 Å². The van der Waals surface area contributed by atoms with E-state index in [1.807, 2.05) is 24.3 Å². The van der Waals surface area contributed by atoms with Crippen molar-refractivity contribution in [1.82, 2.24) is 5.32 Å². The van der Waals surface area contributed by atoms with Crippen LogP contribution in [0, 0.1) is 0 Å². The summed E-state index contributed by atoms with van der Waals surface area (Å²) in [5.74, 6) is -0.518. The Bertz CT molecular complexity index is 485. The zero-order valence-corrected chi connectivity index (χ0v) is 13.8. The maximum Gasteiger partial charge on any atom is 0.328 e. The third-order valence-electron chi connectivity index (χ3n) is 2.87. The zero-order valence-electron chi connectivity index (χ0n) is 12.2. The number of amides is 1. The number of nitrogens with one attached hydrogen (secondary N) is 1. The van der Waals surface area contributed by atoms with E-state index >= 15 is 0 Å². The van der Waals surface area contributed by atoms with E-state index in [1.165, 1.54) is 13.8 Å². The smallest absolute Gasteiger partial charge is 0.328 e. The topological polar surface area (TPSA) is 75.6 Å². The lowest BCUT2D eigenvalue weighted by Gasteiger charge is -2.20. The van der Waals surface area contributed by atoms with Crippen LogP contribution in [0.25, 0.3) is 0 Å². The van der Waals surface area contributed by atoms with Crippen LogP contribution in [0.2, 0.25) is 0 Å². The first kappa shape index (κ1) is 17.5. The van der Waals surface area contributed by atoms with Crippen LogP contribution >= 0.6 is 15.9 Å². The molecule has 21 heavy (non-hydrogen) atoms. The average Bonchev–Trinajstić information content (AvgIpc) is 2.39. The first-order valence-electron chi connectivity index (χ1n) is 6.74. The molecule has 0 aromatic heterocycles. The number of halogens is 1. The van der Waals surface area contributed by atoms with Crippen molar-refractivity contribution in [1.29, 1.82) is 0 Å². The molecule has 0 fully saturated rings. The standard InChI is InChI=1S/C15H20BrNO4/c1-15(2,14(19)20)17-13(18)5-3-4-10-21-12-8-6-11(16)7-9-12/h6-9H,3-5,10H2,1-2H3,(H,17,18)(H,19,20). The number of hydrogen-bond donors (Lipinski definition) is 2. The number of carboxylic acids is 1. The Kier molecular flexibility index (Phi) is 6.68. The highest BCUT2D eigenvalue weighted by Gasteiger charge is 2.28. The summed E-state index contributed by atoms with van der Waals surface area (Å²) in [6.07, 6.45) is 1.68. The molecular formula is C15H20BrNO4. The van der Waals surface area contributed by atoms with E-state index < -0.39 is 11.5 Å². The molecule has 5 nitrogen and oxygen atoms in total. The fourth-order valence-electron chi connectivity index (χ4n) is 1.57. The van der Waals surface area contributed by atoms with E-state index in [-0.39, 0.29) is 5.91 Å². The third-order valence-corrected chi connectivity index (χ3v) is 3.40. The van der Waals surface area contributed by atoms with E-state index in [0.717, 1.165) is 16.6 Å². The number of ether oxygens (including phenoxy) is 1. The highest BCUT2D eigenvalue weighted by molar-refractivity contribution is 9.10. The molecule has 1 aromatic carbocycles. The largest absolute Gasteiger partial charge is 0.494 e. The summed E-state index contributed by atoms with van der Waals surface area (Å²) in [5, 5.41) is 11.4. The van der Waals surface area contributed by atoms with Gasteiger partial charge in [-0.15, -0.1) is 0 Å². The van der Waals surface area contributed by atoms with Crippen molar-refractivity contribution >= 4 is 27.8 Å². The molecule has 0 atom stereocenters. The van der Waals surface area contributed by atoms with Gasteiger partial charge in [0.2, 0.25) is 5.91 Å². The van der Waals surface area contributed by atoms with Gasteiger partial charge in [-0.3, -0.25) is 4.79 Å². The Morgan fingerprint density at radius 3 is 2.43 bits per heavy atom. The van der Waals surface area contributed by atoms with Gasteiger partial charge in [0.25, 0.3) is 0 Å². The molecule has 1 rings (SSSR count). The molecular weight excluding hydrogens is 338 g/mol. The van der Waals surface area contributed by atoms with Crippen molar-refractivity contribution < 1.29 is 19.4 Å². The van der Waals surface area contributed by atoms with Gasteiger partial charge in [-0.1, -0.05) is 15.9 Å². The lowest BCUT2D eigenvalue weighted by atomic mass is 10.1. The molecule has 1 amide bonds. The second-order valence-corrected chi connectivity index (χ2v) is 6.15. The lowest BCUT2D eigenvalue weighted by molar-refractivity contribution is -0.146. The number of hydrogen-bond acceptors (Lipinski definition) is 3. The van der Waals surface area contributed by atoms with E-state index in [4.69, 9.17) is 9.84 Å². The highest BCUT2D eigenvalue weighted by atomic mass is 79.9. The highest BCUT2D eigenvalue weighted by Crippen LogP contribution is 2.16. The molecule has 0 spiro atoms. The summed E-state index contributed by atoms with van der Waals surface area (Å²) in [6, 6.07) is 7.53. The van der Waals surface area contributed by atoms with Crippen LogP contribution in [-0.2, 0) is 9.59 Å². The van der Waals surface area contributed by atoms with Crippen LogP contribution < -0.4 is 10.1 Å². The Morgan fingerprint density at radius 2 is 1.86 bits per heavy atom. The minimum atomic E-state index is -1.23. The molecule has 0 aliphatic rings. The number of unbranched alkanes of at least 4 members (excludes halogenated alkanes) is 1. The number of aliphatic carboxylic acids is 1. The monoisotopic (exact) mass is 357 g/mol. The van der Waals surface area contributed by atoms with Gasteiger partial charge in [-0.05, 0) is 51.0 Å². The predicted octanol–water partition coefficient (Wildman–Crippen LogP) is 2.98. The quantitative estimate of drug-likeness (QED) is 0.701. The SMILES string of the molecule is CC(C)(NC(=O)CCCCOc1ccc(Br)cc1)C(=O)O. The third kappa shape index (κ3) is 6.62. The van der Waals surface area contributed by atoms with Crippen molar-refractivity contribution in [2.45, 2.75) is 38.6 Å². The zero-order chi connectivity index (χ0) is 15.9. The number of rotatable bonds is 8. The van der Waals surface area contributed by atoms with Gasteiger partial charge in [0.15, 0.2) is 0 Å². The fraction of sp³-hybridized carbons (Fsp3) is 0.467. The second kappa shape index (κ2) is 8.02. The minimum absolute atomic E-state index is 0.258. The number of benzene rings is 1. The molecule has 0 bridgehead atoms. The maximum atomic E-state index is 11.6. The van der Waals surface area contributed by atoms with Crippen LogP contribution in [0.15, 0.2) is 28.7 Å². The first-order chi connectivity index (χ1) is 9.81. The Hall–Kier alpha value is -1.56. The van der Waals surface area contributed by atoms with Crippen LogP contribution in [0.3, 0.4) is 0 Å². The maximum absolute atomic E-state index is 11.6. The number of carboxylic acid groups (broad SMARTS) is 1. The molecule has 116 valence electrons. The lowest BCUT2D eigenvalue weighted by Crippen LogP contribution is -2.49. The predicted molar refractivity (Wildman–Crippen MR) is 83.3 cm³/mol. The molecule has 2 N–H and O–H groups in total. The summed E-state index contributed by atoms with van der Waals surface area (Å²) in [6.45, 7) is 3.45. The van der Waals surface area contributed by atoms with E-state index in [1.54, 1.807) is 0 Å². The Morgan fingerprint density at radius 1 is 1.24 bits per heavy atom. The van der Waals surface area contributed by atoms with Crippen LogP contribution in [0.1, 0.15) is 33.1 Å². The molecule has 1 aromatic rings. The van der Waals surface area contributed by atoms with Crippen molar-refractivity contribution in [3.05, 3.63) is 28.7 Å². The van der Waals surface area contributed by atoms with Gasteiger partial charge < -0.3 is 15.2 Å². The molecule has 0 saturated heterocycles. The second-order valence-electron chi connectivity index (χ2n) is 5.24. The molecule has 0 unspecified atom stereocenters. The summed E-state index contributed by atoms with van der Waals surface area (Å²) >= 11 is 3.35. The van der Waals surface area contributed by atoms with E-state index in [2.05, 4.69) is 21.2 Å². The first-order valence-corrected chi connectivity index (χ1v) is 7.53. The van der Waals surface area contributed by atoms with Crippen LogP contribution in [0.4, 0.5) is 0 Å². The van der Waals surface area contributed by atoms with Crippen molar-refractivity contribution in [3.8, 4) is 5.75 Å². The molecule has 0 saturated carbocycles. The van der Waals surface area contributed by atoms with Crippen LogP contribution in [-0.4, -0.2) is 29.1 Å². The molecule has 0 aliphatic carbocycles. The minimum Gasteiger partial charge on any atom is -0.494 e. The van der Waals surface area contributed by atoms with Gasteiger partial charge in [-0.25, -0.2) is 4.79 Å². The van der Waals surface area contributed by atoms with Gasteiger partial charge in [-0.2, -0.15) is 0 Å². The van der Waals surface area contributed by atoms with Crippen LogP contribution in [0.5, 0.6) is 5.75 Å². The molecule has 6 heteroatoms. The van der Waals surface area contributed by atoms with Crippen molar-refractivity contribution in [2.75, 3.05) is 6.61 Å². The molecule has 0 radical (unpaired) electrons. The van der Waals surface area contributed by atoms with E-state index in [9.17, 15) is 9.59 Å². The van der Waals surface area contributed by atoms with Gasteiger partial charge in [0.05, 0.1) is 6.61 Å². The van der Waals surface area contributed by atoms with Crippen molar-refractivity contribution in [2.24, 2.45) is 0 Å². The van der Waals surface area contributed by atoms with Crippen molar-refractivity contribution in [3.63, 3.8) is 0 Å². The molecule has 0 heterocycles. The van der Waals surface area contributed by atoms with Gasteiger partial charge in [0.1, 0.15) is 11.3 Å². The Balaban J connectivity index is 2.18. The summed E-state index contributed by atoms with van der Waals surface area (Å²) in [4.78, 5) is 22.5. The average molecular weight is 358 g/mol. The summed E-state index contributed by atoms with van der Waals surface area (Å²) in [7, 11) is 0. The van der Waals surface area contributed by atoms with Gasteiger partial charge in [0, 0.05) is 10.9 Å². The summed E-state index contributed by atoms with van der Waals surface area (Å²) in [5.41, 5.74) is -1.23.